The number of amides is 1. The van der Waals surface area contributed by atoms with Crippen molar-refractivity contribution in [3.63, 3.8) is 0 Å². The van der Waals surface area contributed by atoms with Gasteiger partial charge in [0.2, 0.25) is 0 Å². The molecule has 0 N–H and O–H groups in total. The minimum Gasteiger partial charge on any atom is -0.481 e. The van der Waals surface area contributed by atoms with E-state index >= 15 is 0 Å². The molecule has 4 heteroatoms. The van der Waals surface area contributed by atoms with Crippen molar-refractivity contribution in [3.8, 4) is 22.9 Å². The van der Waals surface area contributed by atoms with Crippen LogP contribution in [-0.4, -0.2) is 19.1 Å². The van der Waals surface area contributed by atoms with Gasteiger partial charge in [-0.15, -0.1) is 0 Å². The van der Waals surface area contributed by atoms with Gasteiger partial charge in [0.1, 0.15) is 5.75 Å². The zero-order valence-corrected chi connectivity index (χ0v) is 15.3. The second kappa shape index (κ2) is 8.20. The molecule has 0 spiro atoms. The van der Waals surface area contributed by atoms with Gasteiger partial charge in [0.05, 0.1) is 11.6 Å². The average Bonchev–Trinajstić information content (AvgIpc) is 2.74. The van der Waals surface area contributed by atoms with E-state index in [0.29, 0.717) is 11.3 Å². The number of hydrogen-bond donors (Lipinski definition) is 0. The number of para-hydroxylation sites is 1. The van der Waals surface area contributed by atoms with Gasteiger partial charge in [0.25, 0.3) is 5.91 Å². The lowest BCUT2D eigenvalue weighted by atomic mass is 10.0. The van der Waals surface area contributed by atoms with Crippen LogP contribution in [0.3, 0.4) is 0 Å². The zero-order valence-electron chi connectivity index (χ0n) is 15.3. The fraction of sp³-hybridized carbons (Fsp3) is 0.130. The summed E-state index contributed by atoms with van der Waals surface area (Å²) in [6.07, 6.45) is -0.601. The van der Waals surface area contributed by atoms with E-state index in [2.05, 4.69) is 6.07 Å². The number of rotatable bonds is 5. The highest BCUT2D eigenvalue weighted by atomic mass is 16.5. The first-order valence-electron chi connectivity index (χ1n) is 8.68. The van der Waals surface area contributed by atoms with Crippen LogP contribution in [0, 0.1) is 11.3 Å². The molecule has 1 amide bonds. The summed E-state index contributed by atoms with van der Waals surface area (Å²) >= 11 is 0. The molecule has 0 aliphatic heterocycles. The predicted octanol–water partition coefficient (Wildman–Crippen LogP) is 4.66. The van der Waals surface area contributed by atoms with Crippen molar-refractivity contribution in [2.75, 3.05) is 11.9 Å². The molecule has 0 saturated heterocycles. The Kier molecular flexibility index (Phi) is 5.53. The van der Waals surface area contributed by atoms with E-state index in [4.69, 9.17) is 10.00 Å². The molecule has 0 fully saturated rings. The van der Waals surface area contributed by atoms with Gasteiger partial charge in [-0.2, -0.15) is 5.26 Å². The molecule has 0 saturated carbocycles. The largest absolute Gasteiger partial charge is 0.481 e. The second-order valence-corrected chi connectivity index (χ2v) is 6.21. The summed E-state index contributed by atoms with van der Waals surface area (Å²) in [5.41, 5.74) is 3.50. The van der Waals surface area contributed by atoms with Crippen LogP contribution in [0.1, 0.15) is 12.5 Å². The molecule has 3 aromatic rings. The molecule has 3 aromatic carbocycles. The molecule has 1 unspecified atom stereocenters. The van der Waals surface area contributed by atoms with Crippen molar-refractivity contribution in [1.29, 1.82) is 5.26 Å². The number of benzene rings is 3. The third-order valence-electron chi connectivity index (χ3n) is 4.34. The Hall–Kier alpha value is -3.58. The van der Waals surface area contributed by atoms with Crippen LogP contribution in [0.25, 0.3) is 11.1 Å². The van der Waals surface area contributed by atoms with Crippen molar-refractivity contribution in [1.82, 2.24) is 0 Å². The minimum atomic E-state index is -0.601. The third kappa shape index (κ3) is 4.34. The van der Waals surface area contributed by atoms with Gasteiger partial charge in [0, 0.05) is 12.7 Å². The number of hydrogen-bond acceptors (Lipinski definition) is 3. The van der Waals surface area contributed by atoms with E-state index in [-0.39, 0.29) is 5.91 Å². The van der Waals surface area contributed by atoms with E-state index in [9.17, 15) is 4.79 Å². The van der Waals surface area contributed by atoms with Crippen molar-refractivity contribution in [2.24, 2.45) is 0 Å². The van der Waals surface area contributed by atoms with Gasteiger partial charge in [0.15, 0.2) is 6.10 Å². The van der Waals surface area contributed by atoms with Crippen LogP contribution in [0.2, 0.25) is 0 Å². The number of ether oxygens (including phenoxy) is 1. The maximum Gasteiger partial charge on any atom is 0.267 e. The van der Waals surface area contributed by atoms with E-state index in [1.54, 1.807) is 31.0 Å². The van der Waals surface area contributed by atoms with Crippen LogP contribution in [0.15, 0.2) is 78.9 Å². The maximum absolute atomic E-state index is 12.6. The Morgan fingerprint density at radius 1 is 0.926 bits per heavy atom. The summed E-state index contributed by atoms with van der Waals surface area (Å²) in [4.78, 5) is 14.2. The quantitative estimate of drug-likeness (QED) is 0.668. The minimum absolute atomic E-state index is 0.114. The molecule has 0 aliphatic rings. The third-order valence-corrected chi connectivity index (χ3v) is 4.34. The fourth-order valence-electron chi connectivity index (χ4n) is 2.77. The van der Waals surface area contributed by atoms with E-state index < -0.39 is 6.10 Å². The van der Waals surface area contributed by atoms with Gasteiger partial charge in [-0.25, -0.2) is 0 Å². The Bertz CT molecular complexity index is 942. The number of nitrogens with zero attached hydrogens (tertiary/aromatic N) is 2. The van der Waals surface area contributed by atoms with Crippen molar-refractivity contribution < 1.29 is 9.53 Å². The molecule has 0 bridgehead atoms. The Morgan fingerprint density at radius 2 is 1.48 bits per heavy atom. The number of likely N-dealkylation sites (N-methyl/N-ethyl adjacent to an activating group) is 1. The summed E-state index contributed by atoms with van der Waals surface area (Å²) < 4.78 is 5.81. The van der Waals surface area contributed by atoms with Crippen LogP contribution in [0.5, 0.6) is 5.75 Å². The molecule has 3 rings (SSSR count). The van der Waals surface area contributed by atoms with Gasteiger partial charge in [-0.05, 0) is 54.4 Å². The summed E-state index contributed by atoms with van der Waals surface area (Å²) in [6.45, 7) is 1.75. The standard InChI is InChI=1S/C23H20N2O2/c1-17(23(26)25(2)21-6-4-3-5-7-21)27-22-14-12-20(13-15-22)19-10-8-18(16-24)9-11-19/h3-15,17H,1-2H3. The predicted molar refractivity (Wildman–Crippen MR) is 107 cm³/mol. The second-order valence-electron chi connectivity index (χ2n) is 6.21. The first-order valence-corrected chi connectivity index (χ1v) is 8.68. The van der Waals surface area contributed by atoms with Crippen LogP contribution >= 0.6 is 0 Å². The molecule has 0 heterocycles. The van der Waals surface area contributed by atoms with Gasteiger partial charge < -0.3 is 9.64 Å². The maximum atomic E-state index is 12.6. The molecule has 4 nitrogen and oxygen atoms in total. The molecular formula is C23H20N2O2. The molecule has 0 radical (unpaired) electrons. The summed E-state index contributed by atoms with van der Waals surface area (Å²) in [7, 11) is 1.74. The molecule has 1 atom stereocenters. The number of carbonyl (C=O) groups excluding carboxylic acids is 1. The van der Waals surface area contributed by atoms with E-state index in [1.807, 2.05) is 66.7 Å². The number of anilines is 1. The lowest BCUT2D eigenvalue weighted by molar-refractivity contribution is -0.124. The monoisotopic (exact) mass is 356 g/mol. The lowest BCUT2D eigenvalue weighted by Gasteiger charge is -2.22. The van der Waals surface area contributed by atoms with Crippen molar-refractivity contribution >= 4 is 11.6 Å². The van der Waals surface area contributed by atoms with E-state index in [0.717, 1.165) is 16.8 Å². The first-order chi connectivity index (χ1) is 13.1. The Labute approximate surface area is 159 Å². The van der Waals surface area contributed by atoms with Crippen molar-refractivity contribution in [3.05, 3.63) is 84.4 Å². The number of carbonyl (C=O) groups is 1. The average molecular weight is 356 g/mol. The van der Waals surface area contributed by atoms with Gasteiger partial charge in [-0.3, -0.25) is 4.79 Å². The van der Waals surface area contributed by atoms with Crippen LogP contribution < -0.4 is 9.64 Å². The zero-order chi connectivity index (χ0) is 19.2. The topological polar surface area (TPSA) is 53.3 Å². The first kappa shape index (κ1) is 18.2. The van der Waals surface area contributed by atoms with Crippen LogP contribution in [0.4, 0.5) is 5.69 Å². The smallest absolute Gasteiger partial charge is 0.267 e. The van der Waals surface area contributed by atoms with Crippen molar-refractivity contribution in [2.45, 2.75) is 13.0 Å². The number of nitriles is 1. The fourth-order valence-corrected chi connectivity index (χ4v) is 2.77. The Balaban J connectivity index is 1.66. The summed E-state index contributed by atoms with van der Waals surface area (Å²) in [6, 6.07) is 26.6. The Morgan fingerprint density at radius 3 is 2.04 bits per heavy atom. The highest BCUT2D eigenvalue weighted by Crippen LogP contribution is 2.24. The van der Waals surface area contributed by atoms with Gasteiger partial charge >= 0.3 is 0 Å². The van der Waals surface area contributed by atoms with Crippen LogP contribution in [-0.2, 0) is 4.79 Å². The molecule has 0 aliphatic carbocycles. The molecule has 134 valence electrons. The normalized spacial score (nSPS) is 11.3. The van der Waals surface area contributed by atoms with E-state index in [1.165, 1.54) is 0 Å². The molecule has 27 heavy (non-hydrogen) atoms. The SMILES string of the molecule is CC(Oc1ccc(-c2ccc(C#N)cc2)cc1)C(=O)N(C)c1ccccc1. The highest BCUT2D eigenvalue weighted by molar-refractivity contribution is 5.96. The summed E-state index contributed by atoms with van der Waals surface area (Å²) in [5, 5.41) is 8.88. The molecular weight excluding hydrogens is 336 g/mol. The summed E-state index contributed by atoms with van der Waals surface area (Å²) in [5.74, 6) is 0.520. The highest BCUT2D eigenvalue weighted by Gasteiger charge is 2.20. The van der Waals surface area contributed by atoms with Gasteiger partial charge in [-0.1, -0.05) is 42.5 Å². The molecule has 0 aromatic heterocycles. The lowest BCUT2D eigenvalue weighted by Crippen LogP contribution is -2.37.